The molecule has 0 saturated heterocycles. The van der Waals surface area contributed by atoms with E-state index in [1.807, 2.05) is 6.92 Å². The van der Waals surface area contributed by atoms with Crippen LogP contribution in [0.15, 0.2) is 6.07 Å². The van der Waals surface area contributed by atoms with Gasteiger partial charge in [-0.25, -0.2) is 0 Å². The van der Waals surface area contributed by atoms with Crippen molar-refractivity contribution in [1.82, 2.24) is 0 Å². The first-order chi connectivity index (χ1) is 8.00. The van der Waals surface area contributed by atoms with Crippen LogP contribution in [0.3, 0.4) is 0 Å². The summed E-state index contributed by atoms with van der Waals surface area (Å²) in [6.45, 7) is 2.02. The van der Waals surface area contributed by atoms with E-state index in [1.54, 1.807) is 13.2 Å². The number of phenols is 1. The van der Waals surface area contributed by atoms with E-state index in [9.17, 15) is 5.11 Å². The first kappa shape index (κ1) is 12.5. The Bertz CT molecular complexity index is 413. The Morgan fingerprint density at radius 3 is 2.65 bits per heavy atom. The van der Waals surface area contributed by atoms with Gasteiger partial charge in [0, 0.05) is 11.1 Å². The summed E-state index contributed by atoms with van der Waals surface area (Å²) in [6, 6.07) is 1.79. The summed E-state index contributed by atoms with van der Waals surface area (Å²) >= 11 is 6.31. The van der Waals surface area contributed by atoms with Crippen LogP contribution >= 0.6 is 11.6 Å². The van der Waals surface area contributed by atoms with Crippen LogP contribution in [0.4, 0.5) is 0 Å². The van der Waals surface area contributed by atoms with Crippen molar-refractivity contribution < 1.29 is 9.84 Å². The molecule has 0 heterocycles. The molecule has 1 aliphatic rings. The van der Waals surface area contributed by atoms with E-state index in [4.69, 9.17) is 22.1 Å². The molecule has 3 N–H and O–H groups in total. The molecule has 94 valence electrons. The van der Waals surface area contributed by atoms with Gasteiger partial charge in [0.1, 0.15) is 0 Å². The van der Waals surface area contributed by atoms with Gasteiger partial charge in [0.05, 0.1) is 12.1 Å². The highest BCUT2D eigenvalue weighted by molar-refractivity contribution is 6.32. The molecule has 1 saturated carbocycles. The molecule has 3 nitrogen and oxygen atoms in total. The first-order valence-corrected chi connectivity index (χ1v) is 6.24. The first-order valence-electron chi connectivity index (χ1n) is 5.87. The monoisotopic (exact) mass is 255 g/mol. The van der Waals surface area contributed by atoms with Gasteiger partial charge in [-0.1, -0.05) is 18.5 Å². The zero-order valence-electron chi connectivity index (χ0n) is 10.2. The minimum atomic E-state index is -0.182. The van der Waals surface area contributed by atoms with Gasteiger partial charge in [0.25, 0.3) is 0 Å². The Labute approximate surface area is 107 Å². The third kappa shape index (κ3) is 2.35. The average Bonchev–Trinajstić information content (AvgIpc) is 3.03. The molecule has 17 heavy (non-hydrogen) atoms. The van der Waals surface area contributed by atoms with Crippen molar-refractivity contribution in [2.75, 3.05) is 7.11 Å². The lowest BCUT2D eigenvalue weighted by Gasteiger charge is -2.17. The fraction of sp³-hybridized carbons (Fsp3) is 0.538. The highest BCUT2D eigenvalue weighted by Crippen LogP contribution is 2.44. The number of methoxy groups -OCH3 is 1. The van der Waals surface area contributed by atoms with Crippen molar-refractivity contribution in [3.8, 4) is 11.5 Å². The van der Waals surface area contributed by atoms with Crippen molar-refractivity contribution >= 4 is 11.6 Å². The van der Waals surface area contributed by atoms with Gasteiger partial charge >= 0.3 is 0 Å². The fourth-order valence-corrected chi connectivity index (χ4v) is 2.34. The molecular weight excluding hydrogens is 238 g/mol. The van der Waals surface area contributed by atoms with Crippen LogP contribution < -0.4 is 10.5 Å². The van der Waals surface area contributed by atoms with Crippen molar-refractivity contribution in [2.45, 2.75) is 38.1 Å². The van der Waals surface area contributed by atoms with E-state index < -0.39 is 0 Å². The van der Waals surface area contributed by atoms with E-state index in [0.29, 0.717) is 17.2 Å². The molecule has 1 aromatic carbocycles. The molecule has 2 rings (SSSR count). The second-order valence-corrected chi connectivity index (χ2v) is 5.15. The Morgan fingerprint density at radius 1 is 1.53 bits per heavy atom. The molecule has 0 radical (unpaired) electrons. The van der Waals surface area contributed by atoms with Crippen LogP contribution in [0.1, 0.15) is 30.9 Å². The van der Waals surface area contributed by atoms with E-state index in [2.05, 4.69) is 0 Å². The van der Waals surface area contributed by atoms with E-state index in [-0.39, 0.29) is 11.3 Å². The Hall–Kier alpha value is -0.930. The van der Waals surface area contributed by atoms with Crippen LogP contribution in [-0.4, -0.2) is 17.8 Å². The van der Waals surface area contributed by atoms with Crippen molar-refractivity contribution in [3.63, 3.8) is 0 Å². The topological polar surface area (TPSA) is 55.5 Å². The van der Waals surface area contributed by atoms with E-state index >= 15 is 0 Å². The van der Waals surface area contributed by atoms with Crippen LogP contribution in [0.5, 0.6) is 11.5 Å². The predicted molar refractivity (Wildman–Crippen MR) is 68.9 cm³/mol. The van der Waals surface area contributed by atoms with Crippen LogP contribution in [0.2, 0.25) is 5.02 Å². The average molecular weight is 256 g/mol. The Balaban J connectivity index is 2.46. The largest absolute Gasteiger partial charge is 0.504 e. The number of ether oxygens (including phenoxy) is 1. The second kappa shape index (κ2) is 4.39. The molecule has 0 aliphatic heterocycles. The number of rotatable bonds is 4. The predicted octanol–water partition coefficient (Wildman–Crippen LogP) is 2.65. The minimum Gasteiger partial charge on any atom is -0.504 e. The molecule has 4 heteroatoms. The molecule has 1 fully saturated rings. The number of hydrogen-bond acceptors (Lipinski definition) is 3. The molecule has 1 aromatic rings. The number of hydrogen-bond donors (Lipinski definition) is 2. The highest BCUT2D eigenvalue weighted by atomic mass is 35.5. The van der Waals surface area contributed by atoms with Gasteiger partial charge in [-0.2, -0.15) is 0 Å². The van der Waals surface area contributed by atoms with Crippen molar-refractivity contribution in [1.29, 1.82) is 0 Å². The zero-order valence-corrected chi connectivity index (χ0v) is 11.0. The third-order valence-electron chi connectivity index (χ3n) is 3.39. The number of phenolic OH excluding ortho intramolecular Hbond substituents is 1. The summed E-state index contributed by atoms with van der Waals surface area (Å²) < 4.78 is 5.17. The lowest BCUT2D eigenvalue weighted by atomic mass is 9.99. The minimum absolute atomic E-state index is 0.131. The van der Waals surface area contributed by atoms with E-state index in [0.717, 1.165) is 30.4 Å². The van der Waals surface area contributed by atoms with E-state index in [1.165, 1.54) is 0 Å². The van der Waals surface area contributed by atoms with Crippen LogP contribution in [0.25, 0.3) is 0 Å². The van der Waals surface area contributed by atoms with Gasteiger partial charge in [-0.3, -0.25) is 0 Å². The van der Waals surface area contributed by atoms with Gasteiger partial charge < -0.3 is 15.6 Å². The smallest absolute Gasteiger partial charge is 0.162 e. The zero-order chi connectivity index (χ0) is 12.6. The Morgan fingerprint density at radius 2 is 2.18 bits per heavy atom. The SMILES string of the molecule is CCc1cc(OC)c(O)c(CC2(N)CC2)c1Cl. The second-order valence-electron chi connectivity index (χ2n) is 4.77. The molecule has 0 atom stereocenters. The maximum Gasteiger partial charge on any atom is 0.162 e. The van der Waals surface area contributed by atoms with Gasteiger partial charge in [0.15, 0.2) is 11.5 Å². The van der Waals surface area contributed by atoms with Crippen molar-refractivity contribution in [3.05, 3.63) is 22.2 Å². The maximum absolute atomic E-state index is 10.1. The Kier molecular flexibility index (Phi) is 3.23. The number of halogens is 1. The molecule has 0 aromatic heterocycles. The van der Waals surface area contributed by atoms with Gasteiger partial charge in [0.2, 0.25) is 0 Å². The van der Waals surface area contributed by atoms with Gasteiger partial charge in [-0.15, -0.1) is 0 Å². The molecule has 1 aliphatic carbocycles. The normalized spacial score (nSPS) is 16.9. The quantitative estimate of drug-likeness (QED) is 0.870. The maximum atomic E-state index is 10.1. The molecule has 0 amide bonds. The molecule has 0 bridgehead atoms. The lowest BCUT2D eigenvalue weighted by molar-refractivity contribution is 0.369. The highest BCUT2D eigenvalue weighted by Gasteiger charge is 2.39. The van der Waals surface area contributed by atoms with Crippen LogP contribution in [-0.2, 0) is 12.8 Å². The van der Waals surface area contributed by atoms with Gasteiger partial charge in [-0.05, 0) is 37.3 Å². The standard InChI is InChI=1S/C13H18ClNO2/c1-3-8-6-10(17-2)12(16)9(11(8)14)7-13(15)4-5-13/h6,16H,3-5,7,15H2,1-2H3. The van der Waals surface area contributed by atoms with Crippen LogP contribution in [0, 0.1) is 0 Å². The summed E-state index contributed by atoms with van der Waals surface area (Å²) in [5.74, 6) is 0.608. The number of nitrogens with two attached hydrogens (primary N) is 1. The number of benzene rings is 1. The number of aryl methyl sites for hydroxylation is 1. The molecule has 0 spiro atoms. The third-order valence-corrected chi connectivity index (χ3v) is 3.86. The summed E-state index contributed by atoms with van der Waals surface area (Å²) in [6.07, 6.45) is 3.39. The summed E-state index contributed by atoms with van der Waals surface area (Å²) in [5, 5.41) is 10.7. The molecular formula is C13H18ClNO2. The summed E-state index contributed by atoms with van der Waals surface area (Å²) in [7, 11) is 1.54. The van der Waals surface area contributed by atoms with Crippen molar-refractivity contribution in [2.24, 2.45) is 5.73 Å². The summed E-state index contributed by atoms with van der Waals surface area (Å²) in [5.41, 5.74) is 7.62. The lowest BCUT2D eigenvalue weighted by Crippen LogP contribution is -2.24. The fourth-order valence-electron chi connectivity index (χ4n) is 2.00. The summed E-state index contributed by atoms with van der Waals surface area (Å²) in [4.78, 5) is 0. The number of aromatic hydroxyl groups is 1. The molecule has 0 unspecified atom stereocenters.